The van der Waals surface area contributed by atoms with E-state index >= 15 is 0 Å². The Hall–Kier alpha value is -1.81. The maximum absolute atomic E-state index is 12.7. The molecule has 3 aromatic carbocycles. The van der Waals surface area contributed by atoms with Crippen LogP contribution >= 0.6 is 67.8 Å². The summed E-state index contributed by atoms with van der Waals surface area (Å²) in [6, 6.07) is 13.6. The molecule has 0 radical (unpaired) electrons. The van der Waals surface area contributed by atoms with Crippen LogP contribution in [0.15, 0.2) is 48.5 Å². The molecule has 0 N–H and O–H groups in total. The minimum absolute atomic E-state index is 0.0333. The molecule has 0 saturated carbocycles. The van der Waals surface area contributed by atoms with Gasteiger partial charge in [0.2, 0.25) is 0 Å². The summed E-state index contributed by atoms with van der Waals surface area (Å²) < 4.78 is 8.19. The fourth-order valence-corrected chi connectivity index (χ4v) is 5.41. The van der Waals surface area contributed by atoms with E-state index in [1.807, 2.05) is 12.1 Å². The van der Waals surface area contributed by atoms with Gasteiger partial charge in [-0.05, 0) is 115 Å². The molecule has 0 atom stereocenters. The zero-order chi connectivity index (χ0) is 23.0. The molecule has 2 amide bonds. The number of nitrogens with zero attached hydrogens (tertiary/aromatic N) is 1. The molecule has 0 spiro atoms. The second-order valence-electron chi connectivity index (χ2n) is 6.79. The first kappa shape index (κ1) is 23.4. The number of halogens is 3. The number of amides is 2. The predicted molar refractivity (Wildman–Crippen MR) is 140 cm³/mol. The fraction of sp³-hybridized carbons (Fsp3) is 0.0909. The molecule has 32 heavy (non-hydrogen) atoms. The normalized spacial score (nSPS) is 13.5. The van der Waals surface area contributed by atoms with E-state index in [1.165, 1.54) is 6.07 Å². The van der Waals surface area contributed by atoms with Gasteiger partial charge < -0.3 is 9.57 Å². The Kier molecular flexibility index (Phi) is 7.00. The third-order valence-corrected chi connectivity index (χ3v) is 8.64. The lowest BCUT2D eigenvalue weighted by Crippen LogP contribution is -2.32. The largest absolute Gasteiger partial charge is 0.423 e. The Balaban J connectivity index is 1.54. The summed E-state index contributed by atoms with van der Waals surface area (Å²) in [5, 5.41) is 1.96. The van der Waals surface area contributed by atoms with Crippen LogP contribution < -0.4 is 4.74 Å². The summed E-state index contributed by atoms with van der Waals surface area (Å²) in [5.41, 5.74) is 0.708. The number of rotatable bonds is 4. The number of ether oxygens (including phenoxy) is 1. The molecule has 10 heteroatoms. The lowest BCUT2D eigenvalue weighted by Gasteiger charge is -2.13. The molecule has 3 aromatic rings. The second kappa shape index (κ2) is 9.59. The SMILES string of the molecule is O=C(ON1C(=O)CCC1=O)c1ccc2cc(OC(=O)c3c(I)ccc(I)c3I)ccc2c1. The van der Waals surface area contributed by atoms with Crippen LogP contribution in [0.3, 0.4) is 0 Å². The van der Waals surface area contributed by atoms with Gasteiger partial charge in [-0.25, -0.2) is 9.59 Å². The van der Waals surface area contributed by atoms with Crippen molar-refractivity contribution in [3.63, 3.8) is 0 Å². The minimum atomic E-state index is -0.797. The van der Waals surface area contributed by atoms with Gasteiger partial charge in [-0.1, -0.05) is 12.1 Å². The summed E-state index contributed by atoms with van der Waals surface area (Å²) in [4.78, 5) is 53.3. The van der Waals surface area contributed by atoms with E-state index in [9.17, 15) is 19.2 Å². The van der Waals surface area contributed by atoms with E-state index in [4.69, 9.17) is 9.57 Å². The lowest BCUT2D eigenvalue weighted by molar-refractivity contribution is -0.172. The molecular weight excluding hydrogens is 755 g/mol. The Morgan fingerprint density at radius 3 is 2.12 bits per heavy atom. The molecule has 7 nitrogen and oxygen atoms in total. The number of carbonyl (C=O) groups excluding carboxylic acids is 4. The van der Waals surface area contributed by atoms with Gasteiger partial charge in [-0.3, -0.25) is 9.59 Å². The Labute approximate surface area is 223 Å². The van der Waals surface area contributed by atoms with Crippen LogP contribution in [-0.2, 0) is 14.4 Å². The molecule has 1 aliphatic heterocycles. The van der Waals surface area contributed by atoms with Gasteiger partial charge in [0.15, 0.2) is 0 Å². The Morgan fingerprint density at radius 2 is 1.41 bits per heavy atom. The average Bonchev–Trinajstić information content (AvgIpc) is 3.08. The van der Waals surface area contributed by atoms with Gasteiger partial charge in [0.1, 0.15) is 5.75 Å². The second-order valence-corrected chi connectivity index (χ2v) is 10.2. The van der Waals surface area contributed by atoms with Crippen molar-refractivity contribution in [2.45, 2.75) is 12.8 Å². The number of fused-ring (bicyclic) bond motifs is 1. The van der Waals surface area contributed by atoms with Crippen molar-refractivity contribution in [1.82, 2.24) is 5.06 Å². The lowest BCUT2D eigenvalue weighted by atomic mass is 10.1. The summed E-state index contributed by atoms with van der Waals surface area (Å²) in [6.45, 7) is 0. The molecular formula is C22H12I3NO6. The van der Waals surface area contributed by atoms with Crippen LogP contribution in [0.5, 0.6) is 5.75 Å². The van der Waals surface area contributed by atoms with Crippen molar-refractivity contribution < 1.29 is 28.8 Å². The quantitative estimate of drug-likeness (QED) is 0.121. The number of hydrogen-bond acceptors (Lipinski definition) is 6. The highest BCUT2D eigenvalue weighted by Gasteiger charge is 2.33. The van der Waals surface area contributed by atoms with Gasteiger partial charge in [-0.2, -0.15) is 0 Å². The summed E-state index contributed by atoms with van der Waals surface area (Å²) in [6.07, 6.45) is 0.0666. The third-order valence-electron chi connectivity index (χ3n) is 4.69. The highest BCUT2D eigenvalue weighted by Crippen LogP contribution is 2.28. The Morgan fingerprint density at radius 1 is 0.781 bits per heavy atom. The molecule has 0 aromatic heterocycles. The van der Waals surface area contributed by atoms with Crippen molar-refractivity contribution in [1.29, 1.82) is 0 Å². The molecule has 0 bridgehead atoms. The first-order valence-electron chi connectivity index (χ1n) is 9.22. The minimum Gasteiger partial charge on any atom is -0.423 e. The first-order chi connectivity index (χ1) is 15.2. The monoisotopic (exact) mass is 767 g/mol. The van der Waals surface area contributed by atoms with E-state index in [1.54, 1.807) is 30.3 Å². The highest BCUT2D eigenvalue weighted by molar-refractivity contribution is 14.1. The van der Waals surface area contributed by atoms with Crippen LogP contribution in [0, 0.1) is 10.7 Å². The van der Waals surface area contributed by atoms with Crippen LogP contribution in [0.2, 0.25) is 0 Å². The standard InChI is InChI=1S/C22H12I3NO6/c23-15-5-6-16(24)20(25)19(15)22(30)31-14-4-3-11-9-13(2-1-12(11)10-14)21(29)32-26-17(27)7-8-18(26)28/h1-6,9-10H,7-8H2. The van der Waals surface area contributed by atoms with Crippen LogP contribution in [0.4, 0.5) is 0 Å². The molecule has 1 aliphatic rings. The third kappa shape index (κ3) is 4.76. The van der Waals surface area contributed by atoms with Gasteiger partial charge in [0, 0.05) is 23.6 Å². The molecule has 0 unspecified atom stereocenters. The molecule has 0 aliphatic carbocycles. The summed E-state index contributed by atoms with van der Waals surface area (Å²) in [5.74, 6) is -1.94. The van der Waals surface area contributed by atoms with Crippen molar-refractivity contribution >= 4 is 102 Å². The molecule has 4 rings (SSSR count). The van der Waals surface area contributed by atoms with E-state index in [-0.39, 0.29) is 18.4 Å². The summed E-state index contributed by atoms with van der Waals surface area (Å²) >= 11 is 6.41. The number of imide groups is 1. The van der Waals surface area contributed by atoms with Crippen molar-refractivity contribution in [3.05, 3.63) is 70.4 Å². The first-order valence-corrected chi connectivity index (χ1v) is 12.5. The summed E-state index contributed by atoms with van der Waals surface area (Å²) in [7, 11) is 0. The van der Waals surface area contributed by atoms with E-state index in [0.717, 1.165) is 16.1 Å². The smallest absolute Gasteiger partial charge is 0.363 e. The van der Waals surface area contributed by atoms with Gasteiger partial charge >= 0.3 is 11.9 Å². The number of esters is 1. The van der Waals surface area contributed by atoms with Crippen LogP contribution in [0.1, 0.15) is 33.6 Å². The van der Waals surface area contributed by atoms with Crippen molar-refractivity contribution in [2.75, 3.05) is 0 Å². The van der Waals surface area contributed by atoms with Gasteiger partial charge in [0.25, 0.3) is 11.8 Å². The predicted octanol–water partition coefficient (Wildman–Crippen LogP) is 5.09. The average molecular weight is 767 g/mol. The zero-order valence-corrected chi connectivity index (χ0v) is 22.5. The van der Waals surface area contributed by atoms with Crippen LogP contribution in [-0.4, -0.2) is 28.8 Å². The fourth-order valence-electron chi connectivity index (χ4n) is 3.08. The Bertz CT molecular complexity index is 1290. The maximum Gasteiger partial charge on any atom is 0.363 e. The van der Waals surface area contributed by atoms with Gasteiger partial charge in [0.05, 0.1) is 11.1 Å². The molecule has 162 valence electrons. The molecule has 1 fully saturated rings. The van der Waals surface area contributed by atoms with Crippen molar-refractivity contribution in [3.8, 4) is 5.75 Å². The number of carbonyl (C=O) groups is 4. The van der Waals surface area contributed by atoms with Crippen LogP contribution in [0.25, 0.3) is 10.8 Å². The van der Waals surface area contributed by atoms with E-state index in [0.29, 0.717) is 21.8 Å². The van der Waals surface area contributed by atoms with E-state index in [2.05, 4.69) is 67.8 Å². The van der Waals surface area contributed by atoms with Gasteiger partial charge in [-0.15, -0.1) is 5.06 Å². The maximum atomic E-state index is 12.7. The van der Waals surface area contributed by atoms with Crippen molar-refractivity contribution in [2.24, 2.45) is 0 Å². The van der Waals surface area contributed by atoms with E-state index < -0.39 is 23.8 Å². The number of benzene rings is 3. The number of hydrogen-bond donors (Lipinski definition) is 0. The topological polar surface area (TPSA) is 90.0 Å². The number of hydroxylamine groups is 2. The highest BCUT2D eigenvalue weighted by atomic mass is 127. The molecule has 1 heterocycles. The molecule has 1 saturated heterocycles. The zero-order valence-electron chi connectivity index (χ0n) is 16.1.